The van der Waals surface area contributed by atoms with Gasteiger partial charge in [-0.1, -0.05) is 26.6 Å². The molecule has 0 saturated carbocycles. The van der Waals surface area contributed by atoms with Gasteiger partial charge in [0.25, 0.3) is 0 Å². The summed E-state index contributed by atoms with van der Waals surface area (Å²) < 4.78 is 7.81. The Morgan fingerprint density at radius 3 is 2.75 bits per heavy atom. The Bertz CT molecular complexity index is 322. The summed E-state index contributed by atoms with van der Waals surface area (Å²) in [5, 5.41) is -0.0821. The number of rotatable bonds is 6. The van der Waals surface area contributed by atoms with Crippen molar-refractivity contribution < 1.29 is 4.74 Å². The normalized spacial score (nSPS) is 14.1. The Hall–Kier alpha value is -0.133. The number of ether oxygens (including phenoxy) is 1. The summed E-state index contributed by atoms with van der Waals surface area (Å²) in [6.45, 7) is 9.98. The van der Waals surface area contributed by atoms with Crippen LogP contribution in [-0.4, -0.2) is 24.2 Å². The van der Waals surface area contributed by atoms with Crippen molar-refractivity contribution in [2.45, 2.75) is 44.2 Å². The van der Waals surface area contributed by atoms with Crippen molar-refractivity contribution in [2.75, 3.05) is 6.61 Å². The smallest absolute Gasteiger partial charge is 0.191 e. The van der Waals surface area contributed by atoms with Crippen molar-refractivity contribution in [3.8, 4) is 0 Å². The van der Waals surface area contributed by atoms with E-state index in [2.05, 4.69) is 47.5 Å². The summed E-state index contributed by atoms with van der Waals surface area (Å²) in [6, 6.07) is 1.19. The Morgan fingerprint density at radius 1 is 1.50 bits per heavy atom. The zero-order valence-electron chi connectivity index (χ0n) is 10.5. The molecule has 1 heterocycles. The SMILES string of the molecule is CCc1nccn1C(Br)OCC[Si](C)(C)C. The van der Waals surface area contributed by atoms with E-state index < -0.39 is 8.07 Å². The molecule has 0 spiro atoms. The molecular formula is C11H21BrN2OSi. The van der Waals surface area contributed by atoms with Crippen molar-refractivity contribution in [2.24, 2.45) is 0 Å². The molecule has 1 rings (SSSR count). The lowest BCUT2D eigenvalue weighted by molar-refractivity contribution is 0.0818. The molecule has 1 atom stereocenters. The zero-order chi connectivity index (χ0) is 12.2. The second kappa shape index (κ2) is 5.98. The first kappa shape index (κ1) is 13.9. The van der Waals surface area contributed by atoms with E-state index in [-0.39, 0.29) is 5.14 Å². The van der Waals surface area contributed by atoms with Crippen molar-refractivity contribution >= 4 is 24.0 Å². The van der Waals surface area contributed by atoms with Crippen LogP contribution in [0.15, 0.2) is 12.4 Å². The molecule has 0 aromatic carbocycles. The third-order valence-electron chi connectivity index (χ3n) is 2.39. The lowest BCUT2D eigenvalue weighted by Crippen LogP contribution is -2.22. The fourth-order valence-electron chi connectivity index (χ4n) is 1.35. The summed E-state index contributed by atoms with van der Waals surface area (Å²) >= 11 is 3.54. The van der Waals surface area contributed by atoms with Crippen LogP contribution in [0.4, 0.5) is 0 Å². The van der Waals surface area contributed by atoms with Gasteiger partial charge in [-0.3, -0.25) is 4.57 Å². The van der Waals surface area contributed by atoms with Crippen LogP contribution < -0.4 is 0 Å². The van der Waals surface area contributed by atoms with Gasteiger partial charge in [0.05, 0.1) is 0 Å². The molecule has 1 unspecified atom stereocenters. The first-order valence-corrected chi connectivity index (χ1v) is 10.3. The predicted octanol–water partition coefficient (Wildman–Crippen LogP) is 3.65. The van der Waals surface area contributed by atoms with Crippen molar-refractivity contribution in [3.05, 3.63) is 18.2 Å². The summed E-state index contributed by atoms with van der Waals surface area (Å²) in [7, 11) is -1.00. The highest BCUT2D eigenvalue weighted by molar-refractivity contribution is 9.09. The van der Waals surface area contributed by atoms with Gasteiger partial charge in [-0.15, -0.1) is 0 Å². The molecule has 0 radical (unpaired) electrons. The van der Waals surface area contributed by atoms with Crippen LogP contribution in [0, 0.1) is 0 Å². The van der Waals surface area contributed by atoms with Crippen LogP contribution in [0.2, 0.25) is 25.7 Å². The first-order valence-electron chi connectivity index (χ1n) is 5.71. The van der Waals surface area contributed by atoms with E-state index in [1.165, 1.54) is 6.04 Å². The molecule has 3 nitrogen and oxygen atoms in total. The predicted molar refractivity (Wildman–Crippen MR) is 73.7 cm³/mol. The molecule has 0 N–H and O–H groups in total. The Balaban J connectivity index is 2.44. The largest absolute Gasteiger partial charge is 0.348 e. The molecule has 1 aromatic rings. The molecule has 0 bridgehead atoms. The number of imidazole rings is 1. The molecule has 5 heteroatoms. The molecule has 16 heavy (non-hydrogen) atoms. The van der Waals surface area contributed by atoms with Crippen LogP contribution in [0.3, 0.4) is 0 Å². The van der Waals surface area contributed by atoms with E-state index in [1.54, 1.807) is 0 Å². The van der Waals surface area contributed by atoms with Crippen LogP contribution in [0.1, 0.15) is 17.9 Å². The van der Waals surface area contributed by atoms with Gasteiger partial charge < -0.3 is 4.74 Å². The number of hydrogen-bond donors (Lipinski definition) is 0. The number of aromatic nitrogens is 2. The maximum Gasteiger partial charge on any atom is 0.191 e. The van der Waals surface area contributed by atoms with Crippen molar-refractivity contribution in [3.63, 3.8) is 0 Å². The van der Waals surface area contributed by atoms with Crippen LogP contribution in [0.25, 0.3) is 0 Å². The van der Waals surface area contributed by atoms with E-state index in [0.717, 1.165) is 18.9 Å². The Labute approximate surface area is 107 Å². The molecule has 1 aromatic heterocycles. The standard InChI is InChI=1S/C11H21BrN2OSi/c1-5-10-13-6-7-14(10)11(12)15-8-9-16(2,3)4/h6-7,11H,5,8-9H2,1-4H3. The van der Waals surface area contributed by atoms with Gasteiger partial charge in [0.1, 0.15) is 5.82 Å². The molecule has 0 amide bonds. The van der Waals surface area contributed by atoms with Gasteiger partial charge in [-0.2, -0.15) is 0 Å². The minimum absolute atomic E-state index is 0.0821. The van der Waals surface area contributed by atoms with Gasteiger partial charge in [-0.25, -0.2) is 4.98 Å². The maximum atomic E-state index is 5.78. The summed E-state index contributed by atoms with van der Waals surface area (Å²) in [4.78, 5) is 4.27. The number of alkyl halides is 1. The van der Waals surface area contributed by atoms with Crippen molar-refractivity contribution in [1.82, 2.24) is 9.55 Å². The second-order valence-electron chi connectivity index (χ2n) is 5.08. The molecule has 0 fully saturated rings. The minimum Gasteiger partial charge on any atom is -0.348 e. The second-order valence-corrected chi connectivity index (χ2v) is 11.5. The molecule has 0 aliphatic rings. The third kappa shape index (κ3) is 4.39. The monoisotopic (exact) mass is 304 g/mol. The maximum absolute atomic E-state index is 5.78. The minimum atomic E-state index is -1.00. The average molecular weight is 305 g/mol. The molecular weight excluding hydrogens is 284 g/mol. The summed E-state index contributed by atoms with van der Waals surface area (Å²) in [5.74, 6) is 1.05. The van der Waals surface area contributed by atoms with Crippen molar-refractivity contribution in [1.29, 1.82) is 0 Å². The first-order chi connectivity index (χ1) is 7.44. The van der Waals surface area contributed by atoms with Gasteiger partial charge in [-0.05, 0) is 22.0 Å². The number of halogens is 1. The highest BCUT2D eigenvalue weighted by Gasteiger charge is 2.15. The van der Waals surface area contributed by atoms with E-state index >= 15 is 0 Å². The van der Waals surface area contributed by atoms with Gasteiger partial charge in [0.2, 0.25) is 0 Å². The quantitative estimate of drug-likeness (QED) is 0.592. The molecule has 92 valence electrons. The fraction of sp³-hybridized carbons (Fsp3) is 0.727. The van der Waals surface area contributed by atoms with Crippen LogP contribution in [0.5, 0.6) is 0 Å². The highest BCUT2D eigenvalue weighted by atomic mass is 79.9. The van der Waals surface area contributed by atoms with E-state index in [4.69, 9.17) is 4.74 Å². The lowest BCUT2D eigenvalue weighted by atomic mass is 10.5. The van der Waals surface area contributed by atoms with E-state index in [0.29, 0.717) is 0 Å². The topological polar surface area (TPSA) is 27.1 Å². The Kier molecular flexibility index (Phi) is 5.21. The highest BCUT2D eigenvalue weighted by Crippen LogP contribution is 2.20. The number of hydrogen-bond acceptors (Lipinski definition) is 2. The van der Waals surface area contributed by atoms with Gasteiger partial charge >= 0.3 is 0 Å². The Morgan fingerprint density at radius 2 is 2.19 bits per heavy atom. The number of nitrogens with zero attached hydrogens (tertiary/aromatic N) is 2. The fourth-order valence-corrected chi connectivity index (χ4v) is 2.64. The average Bonchev–Trinajstić information content (AvgIpc) is 2.63. The molecule has 0 aliphatic carbocycles. The lowest BCUT2D eigenvalue weighted by Gasteiger charge is -2.19. The van der Waals surface area contributed by atoms with Gasteiger partial charge in [0, 0.05) is 33.5 Å². The zero-order valence-corrected chi connectivity index (χ0v) is 13.1. The van der Waals surface area contributed by atoms with E-state index in [9.17, 15) is 0 Å². The van der Waals surface area contributed by atoms with E-state index in [1.807, 2.05) is 17.0 Å². The molecule has 0 saturated heterocycles. The van der Waals surface area contributed by atoms with Crippen LogP contribution >= 0.6 is 15.9 Å². The summed E-state index contributed by atoms with van der Waals surface area (Å²) in [6.07, 6.45) is 4.69. The number of aryl methyl sites for hydroxylation is 1. The van der Waals surface area contributed by atoms with Gasteiger partial charge in [0.15, 0.2) is 5.14 Å². The third-order valence-corrected chi connectivity index (χ3v) is 4.80. The molecule has 0 aliphatic heterocycles. The van der Waals surface area contributed by atoms with Crippen LogP contribution in [-0.2, 0) is 11.2 Å². The summed E-state index contributed by atoms with van der Waals surface area (Å²) in [5.41, 5.74) is 0.